The minimum Gasteiger partial charge on any atom is -0.550 e. The van der Waals surface area contributed by atoms with Gasteiger partial charge in [0, 0.05) is 35.7 Å². The second-order valence-electron chi connectivity index (χ2n) is 8.08. The Bertz CT molecular complexity index is 894. The van der Waals surface area contributed by atoms with Crippen molar-refractivity contribution in [3.8, 4) is 0 Å². The highest BCUT2D eigenvalue weighted by Gasteiger charge is 2.73. The molecular formula is C20H18NO5-. The Morgan fingerprint density at radius 2 is 2.23 bits per heavy atom. The van der Waals surface area contributed by atoms with Crippen molar-refractivity contribution < 1.29 is 24.2 Å². The maximum Gasteiger partial charge on any atom is 0.234 e. The standard InChI is InChI=1S/C20H19NO5/c1-9-2-3-12-11(8-9)16-10(5-7-25-16)17-20-6-4-13(26-20)14(19(23)24)15(20)18(22)21(12)17/h2-4,6,8,10,13-17H,5,7H2,1H3,(H,23,24)/p-1/t10-,13+,14-,15-,16+,17-,20-/m0/s1. The minimum absolute atomic E-state index is 0.0786. The Labute approximate surface area is 150 Å². The minimum atomic E-state index is -1.21. The Morgan fingerprint density at radius 1 is 1.38 bits per heavy atom. The van der Waals surface area contributed by atoms with Gasteiger partial charge in [-0.05, 0) is 19.4 Å². The van der Waals surface area contributed by atoms with Gasteiger partial charge >= 0.3 is 0 Å². The van der Waals surface area contributed by atoms with Crippen molar-refractivity contribution in [1.29, 1.82) is 0 Å². The lowest BCUT2D eigenvalue weighted by Crippen LogP contribution is -2.53. The van der Waals surface area contributed by atoms with E-state index in [9.17, 15) is 14.7 Å². The van der Waals surface area contributed by atoms with Crippen LogP contribution in [0.5, 0.6) is 0 Å². The molecule has 0 aliphatic carbocycles. The molecule has 0 aromatic heterocycles. The molecule has 1 amide bonds. The number of benzene rings is 1. The third kappa shape index (κ3) is 1.48. The fraction of sp³-hybridized carbons (Fsp3) is 0.500. The summed E-state index contributed by atoms with van der Waals surface area (Å²) >= 11 is 0. The highest BCUT2D eigenvalue weighted by atomic mass is 16.5. The van der Waals surface area contributed by atoms with Gasteiger partial charge in [0.2, 0.25) is 5.91 Å². The van der Waals surface area contributed by atoms with Crippen LogP contribution in [0.1, 0.15) is 23.7 Å². The molecule has 134 valence electrons. The van der Waals surface area contributed by atoms with E-state index in [1.165, 1.54) is 0 Å². The first-order valence-electron chi connectivity index (χ1n) is 9.16. The lowest BCUT2D eigenvalue weighted by Gasteiger charge is -2.44. The molecule has 2 bridgehead atoms. The predicted octanol–water partition coefficient (Wildman–Crippen LogP) is 0.491. The molecule has 5 heterocycles. The Balaban J connectivity index is 1.59. The molecule has 6 nitrogen and oxygen atoms in total. The molecule has 6 rings (SSSR count). The van der Waals surface area contributed by atoms with Gasteiger partial charge in [0.25, 0.3) is 0 Å². The Morgan fingerprint density at radius 3 is 3.04 bits per heavy atom. The van der Waals surface area contributed by atoms with Crippen molar-refractivity contribution in [1.82, 2.24) is 0 Å². The molecule has 5 aliphatic rings. The number of carbonyl (C=O) groups is 2. The van der Waals surface area contributed by atoms with Gasteiger partial charge in [-0.3, -0.25) is 4.79 Å². The molecule has 0 N–H and O–H groups in total. The molecule has 0 saturated carbocycles. The zero-order chi connectivity index (χ0) is 17.8. The molecule has 3 fully saturated rings. The zero-order valence-electron chi connectivity index (χ0n) is 14.3. The number of nitrogens with zero attached hydrogens (tertiary/aromatic N) is 1. The van der Waals surface area contributed by atoms with Crippen molar-refractivity contribution in [2.45, 2.75) is 37.2 Å². The van der Waals surface area contributed by atoms with Crippen LogP contribution in [0.4, 0.5) is 5.69 Å². The first-order valence-corrected chi connectivity index (χ1v) is 9.16. The number of hydrogen-bond acceptors (Lipinski definition) is 5. The maximum atomic E-state index is 13.4. The van der Waals surface area contributed by atoms with Crippen LogP contribution in [0.2, 0.25) is 0 Å². The quantitative estimate of drug-likeness (QED) is 0.688. The van der Waals surface area contributed by atoms with Crippen LogP contribution in [0, 0.1) is 24.7 Å². The van der Waals surface area contributed by atoms with E-state index in [1.807, 2.05) is 25.1 Å². The summed E-state index contributed by atoms with van der Waals surface area (Å²) in [5.41, 5.74) is 2.09. The summed E-state index contributed by atoms with van der Waals surface area (Å²) in [7, 11) is 0. The number of fused-ring (bicyclic) bond motifs is 7. The van der Waals surface area contributed by atoms with Crippen molar-refractivity contribution in [2.75, 3.05) is 11.5 Å². The van der Waals surface area contributed by atoms with Crippen LogP contribution >= 0.6 is 0 Å². The highest BCUT2D eigenvalue weighted by Crippen LogP contribution is 2.62. The third-order valence-corrected chi connectivity index (χ3v) is 6.89. The van der Waals surface area contributed by atoms with Crippen LogP contribution in [0.3, 0.4) is 0 Å². The molecule has 0 unspecified atom stereocenters. The number of carboxylic acids is 1. The Hall–Kier alpha value is -2.18. The van der Waals surface area contributed by atoms with E-state index in [1.54, 1.807) is 11.0 Å². The van der Waals surface area contributed by atoms with Gasteiger partial charge in [-0.15, -0.1) is 0 Å². The van der Waals surface area contributed by atoms with Crippen LogP contribution in [0.25, 0.3) is 0 Å². The van der Waals surface area contributed by atoms with Crippen LogP contribution in [0.15, 0.2) is 30.4 Å². The summed E-state index contributed by atoms with van der Waals surface area (Å²) in [4.78, 5) is 27.0. The van der Waals surface area contributed by atoms with E-state index in [4.69, 9.17) is 9.47 Å². The molecule has 0 radical (unpaired) electrons. The molecule has 3 saturated heterocycles. The first-order chi connectivity index (χ1) is 12.5. The van der Waals surface area contributed by atoms with Gasteiger partial charge in [0.15, 0.2) is 0 Å². The van der Waals surface area contributed by atoms with E-state index in [-0.39, 0.29) is 24.0 Å². The number of ether oxygens (including phenoxy) is 2. The number of amides is 1. The summed E-state index contributed by atoms with van der Waals surface area (Å²) < 4.78 is 12.3. The van der Waals surface area contributed by atoms with Crippen LogP contribution < -0.4 is 10.0 Å². The monoisotopic (exact) mass is 352 g/mol. The highest BCUT2D eigenvalue weighted by molar-refractivity contribution is 6.04. The zero-order valence-corrected chi connectivity index (χ0v) is 14.3. The normalized spacial score (nSPS) is 44.0. The second kappa shape index (κ2) is 4.56. The summed E-state index contributed by atoms with van der Waals surface area (Å²) in [5, 5.41) is 11.8. The van der Waals surface area contributed by atoms with Gasteiger partial charge in [0.1, 0.15) is 5.60 Å². The average molecular weight is 352 g/mol. The SMILES string of the molecule is Cc1ccc2c(c1)[C@@H]1OCC[C@@H]1[C@@H]1N2C(=O)[C@@H]2[C@@H](C(=O)[O-])[C@H]3C=C[C@]21O3. The number of aliphatic carboxylic acids is 1. The van der Waals surface area contributed by atoms with Crippen molar-refractivity contribution in [2.24, 2.45) is 17.8 Å². The van der Waals surface area contributed by atoms with E-state index < -0.39 is 29.5 Å². The van der Waals surface area contributed by atoms with Gasteiger partial charge in [0.05, 0.1) is 24.2 Å². The molecule has 26 heavy (non-hydrogen) atoms. The van der Waals surface area contributed by atoms with Gasteiger partial charge in [-0.2, -0.15) is 0 Å². The second-order valence-corrected chi connectivity index (χ2v) is 8.08. The first kappa shape index (κ1) is 14.9. The van der Waals surface area contributed by atoms with Crippen molar-refractivity contribution in [3.05, 3.63) is 41.5 Å². The summed E-state index contributed by atoms with van der Waals surface area (Å²) in [6.45, 7) is 2.66. The topological polar surface area (TPSA) is 78.9 Å². The fourth-order valence-electron chi connectivity index (χ4n) is 6.02. The number of aryl methyl sites for hydroxylation is 1. The van der Waals surface area contributed by atoms with E-state index in [0.29, 0.717) is 6.61 Å². The van der Waals surface area contributed by atoms with E-state index in [2.05, 4.69) is 6.07 Å². The lowest BCUT2D eigenvalue weighted by atomic mass is 9.70. The number of carbonyl (C=O) groups excluding carboxylic acids is 2. The molecule has 1 aromatic rings. The smallest absolute Gasteiger partial charge is 0.234 e. The molecule has 1 spiro atoms. The summed E-state index contributed by atoms with van der Waals surface area (Å²) in [5.74, 6) is -2.91. The van der Waals surface area contributed by atoms with E-state index in [0.717, 1.165) is 23.2 Å². The largest absolute Gasteiger partial charge is 0.550 e. The van der Waals surface area contributed by atoms with Crippen molar-refractivity contribution in [3.63, 3.8) is 0 Å². The van der Waals surface area contributed by atoms with Gasteiger partial charge < -0.3 is 24.3 Å². The average Bonchev–Trinajstić information content (AvgIpc) is 3.35. The molecular weight excluding hydrogens is 334 g/mol. The fourth-order valence-corrected chi connectivity index (χ4v) is 6.02. The van der Waals surface area contributed by atoms with Crippen molar-refractivity contribution >= 4 is 17.6 Å². The number of hydrogen-bond donors (Lipinski definition) is 0. The number of anilines is 1. The Kier molecular flexibility index (Phi) is 2.62. The molecule has 7 atom stereocenters. The van der Waals surface area contributed by atoms with E-state index >= 15 is 0 Å². The molecule has 5 aliphatic heterocycles. The predicted molar refractivity (Wildman–Crippen MR) is 88.0 cm³/mol. The summed E-state index contributed by atoms with van der Waals surface area (Å²) in [6.07, 6.45) is 3.91. The lowest BCUT2D eigenvalue weighted by molar-refractivity contribution is -0.313. The van der Waals surface area contributed by atoms with Crippen LogP contribution in [-0.4, -0.2) is 36.2 Å². The maximum absolute atomic E-state index is 13.4. The van der Waals surface area contributed by atoms with Gasteiger partial charge in [-0.1, -0.05) is 29.8 Å². The third-order valence-electron chi connectivity index (χ3n) is 6.89. The molecule has 1 aromatic carbocycles. The van der Waals surface area contributed by atoms with Crippen LogP contribution in [-0.2, 0) is 19.1 Å². The molecule has 6 heteroatoms. The summed E-state index contributed by atoms with van der Waals surface area (Å²) in [6, 6.07) is 5.79. The number of rotatable bonds is 1. The van der Waals surface area contributed by atoms with Gasteiger partial charge in [-0.25, -0.2) is 0 Å². The number of carboxylic acid groups (broad SMARTS) is 1.